The number of nitrogens with zero attached hydrogens (tertiary/aromatic N) is 2. The molecule has 12 rings (SSSR count). The fraction of sp³-hybridized carbons (Fsp3) is 0.0169. The maximum Gasteiger partial charge on any atom is 0.0782 e. The minimum Gasteiger partial charge on any atom is -0.308 e. The standard InChI is InChI=1S/C59H40N2/c1-4-17-41(18-5-1)43-31-34-47(35-32-43)60(57-30-16-27-53-52-26-13-15-29-56(52)61(58(53)57)48-36-33-42-19-10-11-20-44(42)39-48)49-37-38-51-50-25-12-14-28-54(50)59(55(51)40-49,45-21-6-2-7-22-45)46-23-8-3-9-24-46/h1-40H. The summed E-state index contributed by atoms with van der Waals surface area (Å²) in [6, 6.07) is 89.2. The summed E-state index contributed by atoms with van der Waals surface area (Å²) in [7, 11) is 0. The molecule has 0 amide bonds. The summed E-state index contributed by atoms with van der Waals surface area (Å²) in [4.78, 5) is 2.48. The van der Waals surface area contributed by atoms with Crippen LogP contribution in [0.4, 0.5) is 17.1 Å². The van der Waals surface area contributed by atoms with Crippen LogP contribution in [0.3, 0.4) is 0 Å². The van der Waals surface area contributed by atoms with Crippen molar-refractivity contribution >= 4 is 49.6 Å². The summed E-state index contributed by atoms with van der Waals surface area (Å²) in [6.45, 7) is 0. The number of hydrogen-bond acceptors (Lipinski definition) is 1. The summed E-state index contributed by atoms with van der Waals surface area (Å²) < 4.78 is 2.47. The van der Waals surface area contributed by atoms with Gasteiger partial charge < -0.3 is 9.47 Å². The van der Waals surface area contributed by atoms with E-state index in [-0.39, 0.29) is 0 Å². The van der Waals surface area contributed by atoms with Gasteiger partial charge in [-0.3, -0.25) is 0 Å². The fourth-order valence-electron chi connectivity index (χ4n) is 10.2. The highest BCUT2D eigenvalue weighted by atomic mass is 15.2. The molecule has 0 aliphatic heterocycles. The van der Waals surface area contributed by atoms with Crippen LogP contribution in [0.2, 0.25) is 0 Å². The second-order valence-corrected chi connectivity index (χ2v) is 16.1. The molecule has 0 radical (unpaired) electrons. The van der Waals surface area contributed by atoms with Crippen LogP contribution in [0.5, 0.6) is 0 Å². The van der Waals surface area contributed by atoms with Gasteiger partial charge in [0.05, 0.1) is 22.1 Å². The molecule has 2 heteroatoms. The van der Waals surface area contributed by atoms with E-state index in [4.69, 9.17) is 0 Å². The van der Waals surface area contributed by atoms with Gasteiger partial charge in [-0.25, -0.2) is 0 Å². The predicted octanol–water partition coefficient (Wildman–Crippen LogP) is 15.4. The Labute approximate surface area is 355 Å². The van der Waals surface area contributed by atoms with Crippen molar-refractivity contribution in [2.75, 3.05) is 4.90 Å². The molecule has 0 saturated carbocycles. The zero-order valence-electron chi connectivity index (χ0n) is 33.5. The molecule has 10 aromatic carbocycles. The van der Waals surface area contributed by atoms with E-state index in [2.05, 4.69) is 252 Å². The lowest BCUT2D eigenvalue weighted by Gasteiger charge is -2.35. The number of benzene rings is 10. The summed E-state index contributed by atoms with van der Waals surface area (Å²) in [5.74, 6) is 0. The van der Waals surface area contributed by atoms with Crippen molar-refractivity contribution in [1.82, 2.24) is 4.57 Å². The quantitative estimate of drug-likeness (QED) is 0.156. The molecule has 0 fully saturated rings. The lowest BCUT2D eigenvalue weighted by Crippen LogP contribution is -2.28. The molecule has 1 aromatic heterocycles. The molecule has 61 heavy (non-hydrogen) atoms. The van der Waals surface area contributed by atoms with Gasteiger partial charge in [0.25, 0.3) is 0 Å². The lowest BCUT2D eigenvalue weighted by molar-refractivity contribution is 0.768. The van der Waals surface area contributed by atoms with Gasteiger partial charge in [0.15, 0.2) is 0 Å². The molecule has 0 bridgehead atoms. The third kappa shape index (κ3) is 5.43. The average Bonchev–Trinajstić information content (AvgIpc) is 3.84. The van der Waals surface area contributed by atoms with E-state index in [1.165, 1.54) is 71.6 Å². The fourth-order valence-corrected chi connectivity index (χ4v) is 10.2. The third-order valence-corrected chi connectivity index (χ3v) is 12.8. The van der Waals surface area contributed by atoms with E-state index >= 15 is 0 Å². The molecule has 1 aliphatic carbocycles. The second kappa shape index (κ2) is 14.1. The van der Waals surface area contributed by atoms with Gasteiger partial charge in [-0.05, 0) is 104 Å². The van der Waals surface area contributed by atoms with Crippen molar-refractivity contribution in [3.63, 3.8) is 0 Å². The third-order valence-electron chi connectivity index (χ3n) is 12.8. The highest BCUT2D eigenvalue weighted by Crippen LogP contribution is 2.57. The van der Waals surface area contributed by atoms with Crippen LogP contribution in [0, 0.1) is 0 Å². The van der Waals surface area contributed by atoms with Gasteiger partial charge >= 0.3 is 0 Å². The van der Waals surface area contributed by atoms with E-state index in [0.717, 1.165) is 28.3 Å². The summed E-state index contributed by atoms with van der Waals surface area (Å²) >= 11 is 0. The first-order valence-corrected chi connectivity index (χ1v) is 21.1. The molecule has 2 nitrogen and oxygen atoms in total. The molecule has 0 unspecified atom stereocenters. The van der Waals surface area contributed by atoms with Crippen molar-refractivity contribution < 1.29 is 0 Å². The van der Waals surface area contributed by atoms with Crippen LogP contribution >= 0.6 is 0 Å². The lowest BCUT2D eigenvalue weighted by atomic mass is 9.67. The predicted molar refractivity (Wildman–Crippen MR) is 256 cm³/mol. The molecule has 1 aliphatic rings. The number of para-hydroxylation sites is 2. The van der Waals surface area contributed by atoms with E-state index < -0.39 is 5.41 Å². The van der Waals surface area contributed by atoms with E-state index in [1.807, 2.05) is 0 Å². The molecule has 0 N–H and O–H groups in total. The van der Waals surface area contributed by atoms with E-state index in [0.29, 0.717) is 0 Å². The van der Waals surface area contributed by atoms with Crippen molar-refractivity contribution in [3.05, 3.63) is 265 Å². The van der Waals surface area contributed by atoms with Crippen molar-refractivity contribution in [3.8, 4) is 27.9 Å². The van der Waals surface area contributed by atoms with Crippen molar-refractivity contribution in [2.45, 2.75) is 5.41 Å². The van der Waals surface area contributed by atoms with Crippen LogP contribution in [0.1, 0.15) is 22.3 Å². The normalized spacial score (nSPS) is 12.7. The minimum atomic E-state index is -0.528. The number of aromatic nitrogens is 1. The average molecular weight is 777 g/mol. The van der Waals surface area contributed by atoms with Gasteiger partial charge in [-0.15, -0.1) is 0 Å². The highest BCUT2D eigenvalue weighted by molar-refractivity contribution is 6.14. The minimum absolute atomic E-state index is 0.528. The van der Waals surface area contributed by atoms with E-state index in [9.17, 15) is 0 Å². The van der Waals surface area contributed by atoms with Crippen molar-refractivity contribution in [2.24, 2.45) is 0 Å². The van der Waals surface area contributed by atoms with Gasteiger partial charge in [-0.2, -0.15) is 0 Å². The first kappa shape index (κ1) is 35.0. The Morgan fingerprint density at radius 1 is 0.361 bits per heavy atom. The largest absolute Gasteiger partial charge is 0.308 e. The Bertz CT molecular complexity index is 3360. The zero-order chi connectivity index (χ0) is 40.3. The first-order chi connectivity index (χ1) is 30.3. The maximum absolute atomic E-state index is 2.48. The molecular formula is C59H40N2. The van der Waals surface area contributed by atoms with E-state index in [1.54, 1.807) is 0 Å². The molecule has 0 atom stereocenters. The molecule has 0 spiro atoms. The van der Waals surface area contributed by atoms with Gasteiger partial charge in [0.1, 0.15) is 0 Å². The maximum atomic E-state index is 2.48. The van der Waals surface area contributed by atoms with Gasteiger partial charge in [-0.1, -0.05) is 194 Å². The van der Waals surface area contributed by atoms with Crippen molar-refractivity contribution in [1.29, 1.82) is 0 Å². The Balaban J connectivity index is 1.16. The van der Waals surface area contributed by atoms with Crippen LogP contribution in [0.15, 0.2) is 243 Å². The highest BCUT2D eigenvalue weighted by Gasteiger charge is 2.46. The Kier molecular flexibility index (Phi) is 8.11. The van der Waals surface area contributed by atoms with Crippen LogP contribution in [-0.4, -0.2) is 4.57 Å². The summed E-state index contributed by atoms with van der Waals surface area (Å²) in [5, 5.41) is 4.88. The molecule has 11 aromatic rings. The van der Waals surface area contributed by atoms with Crippen LogP contribution < -0.4 is 4.90 Å². The monoisotopic (exact) mass is 776 g/mol. The van der Waals surface area contributed by atoms with Crippen LogP contribution in [0.25, 0.3) is 60.5 Å². The number of hydrogen-bond donors (Lipinski definition) is 0. The summed E-state index contributed by atoms with van der Waals surface area (Å²) in [5.41, 5.74) is 16.2. The number of rotatable bonds is 7. The smallest absolute Gasteiger partial charge is 0.0782 e. The summed E-state index contributed by atoms with van der Waals surface area (Å²) in [6.07, 6.45) is 0. The Morgan fingerprint density at radius 2 is 0.951 bits per heavy atom. The van der Waals surface area contributed by atoms with Crippen LogP contribution in [-0.2, 0) is 5.41 Å². The zero-order valence-corrected chi connectivity index (χ0v) is 33.5. The Hall–Kier alpha value is -7.94. The van der Waals surface area contributed by atoms with Gasteiger partial charge in [0.2, 0.25) is 0 Å². The molecule has 286 valence electrons. The molecule has 0 saturated heterocycles. The molecular weight excluding hydrogens is 737 g/mol. The second-order valence-electron chi connectivity index (χ2n) is 16.1. The van der Waals surface area contributed by atoms with Gasteiger partial charge in [0, 0.05) is 27.8 Å². The first-order valence-electron chi connectivity index (χ1n) is 21.1. The molecule has 1 heterocycles. The topological polar surface area (TPSA) is 8.17 Å². The SMILES string of the molecule is c1ccc(-c2ccc(N(c3ccc4c(c3)C(c3ccccc3)(c3ccccc3)c3ccccc3-4)c3cccc4c5ccccc5n(-c5ccc6ccccc6c5)c34)cc2)cc1. The number of anilines is 3. The number of fused-ring (bicyclic) bond motifs is 7. The Morgan fingerprint density at radius 3 is 1.72 bits per heavy atom.